The predicted octanol–water partition coefficient (Wildman–Crippen LogP) is -1.38. The van der Waals surface area contributed by atoms with Crippen molar-refractivity contribution in [1.29, 1.82) is 0 Å². The van der Waals surface area contributed by atoms with Gasteiger partial charge in [-0.3, -0.25) is 0 Å². The average molecular weight is 106 g/mol. The van der Waals surface area contributed by atoms with Gasteiger partial charge < -0.3 is 5.32 Å². The van der Waals surface area contributed by atoms with Crippen molar-refractivity contribution < 1.29 is 10.2 Å². The molecule has 1 rings (SSSR count). The van der Waals surface area contributed by atoms with E-state index in [9.17, 15) is 0 Å². The highest BCUT2D eigenvalue weighted by Gasteiger charge is 1.91. The molecule has 0 atom stereocenters. The lowest BCUT2D eigenvalue weighted by atomic mass is 11.0. The Morgan fingerprint density at radius 3 is 1.86 bits per heavy atom. The highest BCUT2D eigenvalue weighted by Crippen LogP contribution is 1.65. The Balaban J connectivity index is 0.000000105. The van der Waals surface area contributed by atoms with Gasteiger partial charge >= 0.3 is 5.03 Å². The molecule has 4 N–H and O–H groups in total. The van der Waals surface area contributed by atoms with E-state index in [0.717, 1.165) is 0 Å². The Hall–Kier alpha value is -0.840. The van der Waals surface area contributed by atoms with Crippen molar-refractivity contribution in [2.45, 2.75) is 0 Å². The van der Waals surface area contributed by atoms with Gasteiger partial charge in [0.2, 0.25) is 0 Å². The fraction of sp³-hybridized carbons (Fsp3) is 1.00. The molecule has 42 valence electrons. The highest BCUT2D eigenvalue weighted by molar-refractivity contribution is 4.58. The van der Waals surface area contributed by atoms with E-state index in [4.69, 9.17) is 10.1 Å². The molecule has 0 unspecified atom stereocenters. The van der Waals surface area contributed by atoms with Crippen LogP contribution >= 0.6 is 0 Å². The molecule has 7 heavy (non-hydrogen) atoms. The third kappa shape index (κ3) is 2010. The van der Waals surface area contributed by atoms with E-state index in [1.54, 1.807) is 0 Å². The van der Waals surface area contributed by atoms with Gasteiger partial charge in [0.05, 0.1) is 0 Å². The largest absolute Gasteiger partial charge is 0.352 e. The van der Waals surface area contributed by atoms with Gasteiger partial charge in [-0.05, 0) is 0 Å². The van der Waals surface area contributed by atoms with Crippen LogP contribution in [0.15, 0.2) is 0 Å². The minimum absolute atomic E-state index is 0.750. The van der Waals surface area contributed by atoms with E-state index < -0.39 is 5.03 Å². The fourth-order valence-electron chi connectivity index (χ4n) is 0. The molecule has 1 fully saturated rings. The van der Waals surface area contributed by atoms with Gasteiger partial charge in [0, 0.05) is 13.1 Å². The van der Waals surface area contributed by atoms with Crippen molar-refractivity contribution in [1.82, 2.24) is 5.32 Å². The molecule has 0 radical (unpaired) electrons. The zero-order valence-electron chi connectivity index (χ0n) is 3.79. The summed E-state index contributed by atoms with van der Waals surface area (Å²) in [5.41, 5.74) is 0. The quantitative estimate of drug-likeness (QED) is 0.202. The number of nitrogens with one attached hydrogen (secondary N) is 1. The van der Waals surface area contributed by atoms with E-state index in [0.29, 0.717) is 0 Å². The number of hydrogen-bond donors (Lipinski definition) is 3. The van der Waals surface area contributed by atoms with Crippen molar-refractivity contribution in [3.05, 3.63) is 4.91 Å². The lowest BCUT2D eigenvalue weighted by molar-refractivity contribution is -0.801. The minimum atomic E-state index is -0.750. The second-order valence-corrected chi connectivity index (χ2v) is 1.05. The summed E-state index contributed by atoms with van der Waals surface area (Å²) in [6.07, 6.45) is 0. The zero-order valence-corrected chi connectivity index (χ0v) is 3.79. The molecule has 1 saturated heterocycles. The first-order chi connectivity index (χ1) is 3.23. The molecule has 0 spiro atoms. The van der Waals surface area contributed by atoms with Gasteiger partial charge in [0.25, 0.3) is 0 Å². The molecule has 5 heteroatoms. The molecule has 1 aliphatic rings. The standard InChI is InChI=1S/C2H5N.H3N2O2/c1-2-3-1;1-2(3)4/h3H,1-2H2;1H2,(H,3,4)/q;+1. The van der Waals surface area contributed by atoms with Crippen molar-refractivity contribution in [2.75, 3.05) is 13.1 Å². The summed E-state index contributed by atoms with van der Waals surface area (Å²) in [7, 11) is 0. The van der Waals surface area contributed by atoms with Gasteiger partial charge in [0.1, 0.15) is 4.91 Å². The molecule has 0 saturated carbocycles. The summed E-state index contributed by atoms with van der Waals surface area (Å²) < 4.78 is 0. The smallest absolute Gasteiger partial charge is 0.314 e. The van der Waals surface area contributed by atoms with Gasteiger partial charge in [-0.25, -0.2) is 5.21 Å². The first-order valence-electron chi connectivity index (χ1n) is 1.85. The first kappa shape index (κ1) is 6.16. The van der Waals surface area contributed by atoms with Crippen LogP contribution in [0.1, 0.15) is 0 Å². The van der Waals surface area contributed by atoms with E-state index in [-0.39, 0.29) is 0 Å². The second-order valence-electron chi connectivity index (χ2n) is 1.05. The van der Waals surface area contributed by atoms with Gasteiger partial charge in [-0.15, -0.1) is 5.84 Å². The maximum Gasteiger partial charge on any atom is 0.352 e. The molecule has 0 aromatic carbocycles. The SMILES string of the molecule is C1CN1.N[N+](=O)O. The fourth-order valence-corrected chi connectivity index (χ4v) is 0. The molecule has 0 amide bonds. The summed E-state index contributed by atoms with van der Waals surface area (Å²) in [5, 5.41) is 9.36. The Labute approximate surface area is 40.6 Å². The number of hydrazine groups is 1. The van der Waals surface area contributed by atoms with Crippen LogP contribution in [0.4, 0.5) is 0 Å². The Kier molecular flexibility index (Phi) is 2.95. The first-order valence-corrected chi connectivity index (χ1v) is 1.85. The topological polar surface area (TPSA) is 88.3 Å². The highest BCUT2D eigenvalue weighted by atomic mass is 16.7. The van der Waals surface area contributed by atoms with E-state index in [1.807, 2.05) is 0 Å². The maximum atomic E-state index is 8.69. The van der Waals surface area contributed by atoms with Crippen molar-refractivity contribution in [2.24, 2.45) is 5.84 Å². The van der Waals surface area contributed by atoms with Crippen molar-refractivity contribution in [3.8, 4) is 0 Å². The van der Waals surface area contributed by atoms with Gasteiger partial charge in [-0.2, -0.15) is 0 Å². The third-order valence-corrected chi connectivity index (χ3v) is 0.250. The van der Waals surface area contributed by atoms with Crippen LogP contribution in [0.5, 0.6) is 0 Å². The summed E-state index contributed by atoms with van der Waals surface area (Å²) >= 11 is 0. The van der Waals surface area contributed by atoms with Crippen LogP contribution in [0, 0.1) is 4.91 Å². The molecule has 0 bridgehead atoms. The number of nitrogens with two attached hydrogens (primary N) is 1. The summed E-state index contributed by atoms with van der Waals surface area (Å²) in [5.74, 6) is 3.94. The molecule has 0 aromatic heterocycles. The van der Waals surface area contributed by atoms with Crippen LogP contribution in [0.3, 0.4) is 0 Å². The number of nitrogens with zero attached hydrogens (tertiary/aromatic N) is 1. The average Bonchev–Trinajstić information content (AvgIpc) is 2.02. The van der Waals surface area contributed by atoms with E-state index in [1.165, 1.54) is 13.1 Å². The lowest BCUT2D eigenvalue weighted by Crippen LogP contribution is -2.08. The molecule has 0 aliphatic carbocycles. The maximum absolute atomic E-state index is 8.69. The normalized spacial score (nSPS) is 13.7. The lowest BCUT2D eigenvalue weighted by Gasteiger charge is -1.48. The molecular formula is C2H8N3O2+. The molecule has 0 aromatic rings. The van der Waals surface area contributed by atoms with E-state index >= 15 is 0 Å². The van der Waals surface area contributed by atoms with Crippen molar-refractivity contribution >= 4 is 0 Å². The molecular weight excluding hydrogens is 98.0 g/mol. The van der Waals surface area contributed by atoms with E-state index in [2.05, 4.69) is 11.2 Å². The molecule has 1 heterocycles. The third-order valence-electron chi connectivity index (χ3n) is 0.250. The van der Waals surface area contributed by atoms with Crippen LogP contribution < -0.4 is 11.2 Å². The van der Waals surface area contributed by atoms with Crippen molar-refractivity contribution in [3.63, 3.8) is 0 Å². The summed E-state index contributed by atoms with van der Waals surface area (Å²) in [6, 6.07) is 0. The van der Waals surface area contributed by atoms with Crippen LogP contribution in [0.25, 0.3) is 0 Å². The second kappa shape index (κ2) is 3.35. The van der Waals surface area contributed by atoms with Crippen LogP contribution in [-0.4, -0.2) is 23.3 Å². The Morgan fingerprint density at radius 2 is 1.86 bits per heavy atom. The molecule has 5 nitrogen and oxygen atoms in total. The monoisotopic (exact) mass is 106 g/mol. The minimum Gasteiger partial charge on any atom is -0.314 e. The number of hydrogen-bond acceptors (Lipinski definition) is 2. The summed E-state index contributed by atoms with van der Waals surface area (Å²) in [4.78, 5) is 8.69. The van der Waals surface area contributed by atoms with Gasteiger partial charge in [0.15, 0.2) is 0 Å². The van der Waals surface area contributed by atoms with Crippen LogP contribution in [-0.2, 0) is 0 Å². The predicted molar refractivity (Wildman–Crippen MR) is 22.5 cm³/mol. The van der Waals surface area contributed by atoms with Crippen LogP contribution in [0.2, 0.25) is 0 Å². The zero-order chi connectivity index (χ0) is 5.70. The number of rotatable bonds is 0. The van der Waals surface area contributed by atoms with Gasteiger partial charge in [-0.1, -0.05) is 0 Å². The Bertz CT molecular complexity index is 55.2. The molecule has 1 aliphatic heterocycles. The summed E-state index contributed by atoms with van der Waals surface area (Å²) in [6.45, 7) is 2.50. The Morgan fingerprint density at radius 1 is 1.71 bits per heavy atom.